The number of nitrogens with one attached hydrogen (secondary N) is 1. The third kappa shape index (κ3) is 1.76. The van der Waals surface area contributed by atoms with Crippen molar-refractivity contribution < 1.29 is 9.47 Å². The van der Waals surface area contributed by atoms with Gasteiger partial charge in [0.2, 0.25) is 0 Å². The van der Waals surface area contributed by atoms with E-state index in [0.29, 0.717) is 12.1 Å². The molecule has 2 atom stereocenters. The van der Waals surface area contributed by atoms with Crippen LogP contribution in [-0.4, -0.2) is 19.3 Å². The van der Waals surface area contributed by atoms with E-state index in [4.69, 9.17) is 9.47 Å². The van der Waals surface area contributed by atoms with E-state index >= 15 is 0 Å². The SMILES string of the molecule is CC1CC(c2ccc3c(c2)OCCCO3)N1. The predicted molar refractivity (Wildman–Crippen MR) is 62.0 cm³/mol. The van der Waals surface area contributed by atoms with Gasteiger partial charge in [0.1, 0.15) is 0 Å². The van der Waals surface area contributed by atoms with Gasteiger partial charge in [-0.3, -0.25) is 0 Å². The molecule has 2 heterocycles. The molecule has 2 aliphatic rings. The van der Waals surface area contributed by atoms with Gasteiger partial charge in [-0.15, -0.1) is 0 Å². The molecule has 0 radical (unpaired) electrons. The van der Waals surface area contributed by atoms with Crippen LogP contribution < -0.4 is 14.8 Å². The second-order valence-electron chi connectivity index (χ2n) is 4.61. The van der Waals surface area contributed by atoms with Gasteiger partial charge in [0.05, 0.1) is 13.2 Å². The molecule has 0 bridgehead atoms. The second-order valence-corrected chi connectivity index (χ2v) is 4.61. The molecule has 1 saturated heterocycles. The van der Waals surface area contributed by atoms with Crippen molar-refractivity contribution in [2.75, 3.05) is 13.2 Å². The molecule has 86 valence electrons. The summed E-state index contributed by atoms with van der Waals surface area (Å²) in [6, 6.07) is 7.41. The van der Waals surface area contributed by atoms with Gasteiger partial charge in [-0.05, 0) is 31.0 Å². The van der Waals surface area contributed by atoms with Crippen LogP contribution in [0.1, 0.15) is 31.4 Å². The van der Waals surface area contributed by atoms with E-state index in [2.05, 4.69) is 24.4 Å². The molecular formula is C13H17NO2. The fourth-order valence-corrected chi connectivity index (χ4v) is 2.30. The van der Waals surface area contributed by atoms with Gasteiger partial charge in [-0.25, -0.2) is 0 Å². The maximum Gasteiger partial charge on any atom is 0.161 e. The van der Waals surface area contributed by atoms with Gasteiger partial charge in [0, 0.05) is 18.5 Å². The first-order chi connectivity index (χ1) is 7.83. The number of hydrogen-bond acceptors (Lipinski definition) is 3. The van der Waals surface area contributed by atoms with Crippen LogP contribution in [0.3, 0.4) is 0 Å². The Morgan fingerprint density at radius 1 is 1.19 bits per heavy atom. The molecule has 1 aromatic carbocycles. The predicted octanol–water partition coefficient (Wildman–Crippen LogP) is 2.27. The summed E-state index contributed by atoms with van der Waals surface area (Å²) in [5.41, 5.74) is 1.31. The summed E-state index contributed by atoms with van der Waals surface area (Å²) in [5, 5.41) is 3.49. The third-order valence-corrected chi connectivity index (χ3v) is 3.25. The molecule has 1 N–H and O–H groups in total. The summed E-state index contributed by atoms with van der Waals surface area (Å²) in [6.45, 7) is 3.72. The van der Waals surface area contributed by atoms with Crippen LogP contribution in [0.25, 0.3) is 0 Å². The maximum atomic E-state index is 5.68. The Bertz CT molecular complexity index is 386. The van der Waals surface area contributed by atoms with Gasteiger partial charge in [0.25, 0.3) is 0 Å². The average molecular weight is 219 g/mol. The highest BCUT2D eigenvalue weighted by Gasteiger charge is 2.26. The lowest BCUT2D eigenvalue weighted by Gasteiger charge is -2.35. The van der Waals surface area contributed by atoms with Crippen molar-refractivity contribution in [3.63, 3.8) is 0 Å². The molecule has 0 aliphatic carbocycles. The van der Waals surface area contributed by atoms with E-state index in [0.717, 1.165) is 31.1 Å². The Kier molecular flexibility index (Phi) is 2.48. The van der Waals surface area contributed by atoms with Crippen LogP contribution in [0, 0.1) is 0 Å². The minimum Gasteiger partial charge on any atom is -0.490 e. The zero-order valence-corrected chi connectivity index (χ0v) is 9.53. The largest absolute Gasteiger partial charge is 0.490 e. The van der Waals surface area contributed by atoms with Crippen LogP contribution in [0.5, 0.6) is 11.5 Å². The van der Waals surface area contributed by atoms with E-state index < -0.39 is 0 Å². The normalized spacial score (nSPS) is 28.1. The second kappa shape index (κ2) is 3.98. The number of fused-ring (bicyclic) bond motifs is 1. The van der Waals surface area contributed by atoms with Crippen molar-refractivity contribution >= 4 is 0 Å². The fraction of sp³-hybridized carbons (Fsp3) is 0.538. The first-order valence-corrected chi connectivity index (χ1v) is 5.98. The molecule has 2 unspecified atom stereocenters. The molecule has 3 rings (SSSR count). The summed E-state index contributed by atoms with van der Waals surface area (Å²) in [6.07, 6.45) is 2.17. The summed E-state index contributed by atoms with van der Waals surface area (Å²) < 4.78 is 11.3. The lowest BCUT2D eigenvalue weighted by atomic mass is 9.92. The molecule has 0 amide bonds. The van der Waals surface area contributed by atoms with Crippen molar-refractivity contribution in [2.45, 2.75) is 31.8 Å². The molecule has 3 nitrogen and oxygen atoms in total. The van der Waals surface area contributed by atoms with E-state index in [1.807, 2.05) is 6.07 Å². The Hall–Kier alpha value is -1.22. The Balaban J connectivity index is 1.83. The molecule has 0 saturated carbocycles. The van der Waals surface area contributed by atoms with Crippen LogP contribution >= 0.6 is 0 Å². The molecule has 3 heteroatoms. The van der Waals surface area contributed by atoms with Crippen LogP contribution in [-0.2, 0) is 0 Å². The van der Waals surface area contributed by atoms with Crippen LogP contribution in [0.4, 0.5) is 0 Å². The van der Waals surface area contributed by atoms with Gasteiger partial charge >= 0.3 is 0 Å². The lowest BCUT2D eigenvalue weighted by Crippen LogP contribution is -2.43. The van der Waals surface area contributed by atoms with E-state index in [9.17, 15) is 0 Å². The van der Waals surface area contributed by atoms with Crippen molar-refractivity contribution in [3.8, 4) is 11.5 Å². The molecule has 0 spiro atoms. The van der Waals surface area contributed by atoms with Gasteiger partial charge < -0.3 is 14.8 Å². The van der Waals surface area contributed by atoms with Crippen molar-refractivity contribution in [1.29, 1.82) is 0 Å². The fourth-order valence-electron chi connectivity index (χ4n) is 2.30. The van der Waals surface area contributed by atoms with Crippen LogP contribution in [0.2, 0.25) is 0 Å². The minimum atomic E-state index is 0.493. The molecule has 16 heavy (non-hydrogen) atoms. The zero-order chi connectivity index (χ0) is 11.0. The zero-order valence-electron chi connectivity index (χ0n) is 9.53. The molecule has 0 aromatic heterocycles. The highest BCUT2D eigenvalue weighted by atomic mass is 16.5. The van der Waals surface area contributed by atoms with Gasteiger partial charge in [-0.2, -0.15) is 0 Å². The molecular weight excluding hydrogens is 202 g/mol. The maximum absolute atomic E-state index is 5.68. The first-order valence-electron chi connectivity index (χ1n) is 5.98. The summed E-state index contributed by atoms with van der Waals surface area (Å²) >= 11 is 0. The van der Waals surface area contributed by atoms with E-state index in [1.165, 1.54) is 12.0 Å². The minimum absolute atomic E-state index is 0.493. The monoisotopic (exact) mass is 219 g/mol. The summed E-state index contributed by atoms with van der Waals surface area (Å²) in [4.78, 5) is 0. The van der Waals surface area contributed by atoms with Crippen molar-refractivity contribution in [2.24, 2.45) is 0 Å². The standard InChI is InChI=1S/C13H17NO2/c1-9-7-11(14-9)10-3-4-12-13(8-10)16-6-2-5-15-12/h3-4,8-9,11,14H,2,5-7H2,1H3. The number of benzene rings is 1. The van der Waals surface area contributed by atoms with Gasteiger partial charge in [0.15, 0.2) is 11.5 Å². The lowest BCUT2D eigenvalue weighted by molar-refractivity contribution is 0.285. The number of hydrogen-bond donors (Lipinski definition) is 1. The van der Waals surface area contributed by atoms with Crippen LogP contribution in [0.15, 0.2) is 18.2 Å². The smallest absolute Gasteiger partial charge is 0.161 e. The molecule has 1 fully saturated rings. The quantitative estimate of drug-likeness (QED) is 0.786. The Morgan fingerprint density at radius 2 is 1.94 bits per heavy atom. The molecule has 2 aliphatic heterocycles. The summed E-state index contributed by atoms with van der Waals surface area (Å²) in [5.74, 6) is 1.78. The third-order valence-electron chi connectivity index (χ3n) is 3.25. The highest BCUT2D eigenvalue weighted by Crippen LogP contribution is 2.35. The average Bonchev–Trinajstić information content (AvgIpc) is 2.48. The van der Waals surface area contributed by atoms with E-state index in [1.54, 1.807) is 0 Å². The highest BCUT2D eigenvalue weighted by molar-refractivity contribution is 5.44. The number of ether oxygens (including phenoxy) is 2. The first kappa shape index (κ1) is 9.97. The summed E-state index contributed by atoms with van der Waals surface area (Å²) in [7, 11) is 0. The van der Waals surface area contributed by atoms with Gasteiger partial charge in [-0.1, -0.05) is 6.07 Å². The van der Waals surface area contributed by atoms with E-state index in [-0.39, 0.29) is 0 Å². The Labute approximate surface area is 95.8 Å². The Morgan fingerprint density at radius 3 is 2.69 bits per heavy atom. The number of rotatable bonds is 1. The van der Waals surface area contributed by atoms with Crippen molar-refractivity contribution in [1.82, 2.24) is 5.32 Å². The topological polar surface area (TPSA) is 30.5 Å². The van der Waals surface area contributed by atoms with Crippen molar-refractivity contribution in [3.05, 3.63) is 23.8 Å². The molecule has 1 aromatic rings.